The number of amides is 1. The van der Waals surface area contributed by atoms with Crippen LogP contribution in [-0.4, -0.2) is 19.1 Å². The summed E-state index contributed by atoms with van der Waals surface area (Å²) in [6.45, 7) is 3.85. The Labute approximate surface area is 109 Å². The molecule has 0 fully saturated rings. The average Bonchev–Trinajstić information content (AvgIpc) is 2.36. The van der Waals surface area contributed by atoms with Gasteiger partial charge in [0.25, 0.3) is 0 Å². The predicted octanol–water partition coefficient (Wildman–Crippen LogP) is 2.00. The molecule has 4 nitrogen and oxygen atoms in total. The molecule has 1 aromatic rings. The molecule has 0 saturated heterocycles. The second-order valence-electron chi connectivity index (χ2n) is 4.55. The Bertz CT molecular complexity index is 391. The van der Waals surface area contributed by atoms with Crippen LogP contribution in [0.2, 0.25) is 0 Å². The molecular weight excluding hydrogens is 228 g/mol. The first-order valence-corrected chi connectivity index (χ1v) is 6.22. The van der Waals surface area contributed by atoms with Crippen LogP contribution in [0, 0.1) is 0 Å². The minimum absolute atomic E-state index is 0.0192. The van der Waals surface area contributed by atoms with Crippen LogP contribution in [0.15, 0.2) is 24.3 Å². The van der Waals surface area contributed by atoms with Crippen LogP contribution in [0.1, 0.15) is 38.3 Å². The highest BCUT2D eigenvalue weighted by Gasteiger charge is 2.13. The Balaban J connectivity index is 2.59. The summed E-state index contributed by atoms with van der Waals surface area (Å²) in [5.41, 5.74) is 6.61. The zero-order valence-electron chi connectivity index (χ0n) is 11.3. The molecule has 1 rings (SSSR count). The van der Waals surface area contributed by atoms with Crippen molar-refractivity contribution in [3.63, 3.8) is 0 Å². The molecule has 1 aromatic carbocycles. The second kappa shape index (κ2) is 7.01. The third-order valence-electron chi connectivity index (χ3n) is 2.81. The van der Waals surface area contributed by atoms with Crippen molar-refractivity contribution in [2.24, 2.45) is 5.73 Å². The third kappa shape index (κ3) is 4.37. The van der Waals surface area contributed by atoms with Gasteiger partial charge in [-0.1, -0.05) is 18.2 Å². The maximum absolute atomic E-state index is 11.7. The van der Waals surface area contributed by atoms with Gasteiger partial charge in [0, 0.05) is 18.0 Å². The zero-order valence-corrected chi connectivity index (χ0v) is 11.3. The van der Waals surface area contributed by atoms with Crippen molar-refractivity contribution in [3.05, 3.63) is 29.8 Å². The topological polar surface area (TPSA) is 64.3 Å². The van der Waals surface area contributed by atoms with Gasteiger partial charge in [-0.05, 0) is 26.3 Å². The number of carbonyl (C=O) groups is 1. The lowest BCUT2D eigenvalue weighted by Crippen LogP contribution is -2.28. The first kappa shape index (κ1) is 14.5. The van der Waals surface area contributed by atoms with E-state index in [1.54, 1.807) is 7.11 Å². The van der Waals surface area contributed by atoms with Gasteiger partial charge in [0.1, 0.15) is 5.75 Å². The Hall–Kier alpha value is -1.55. The molecule has 0 aliphatic rings. The van der Waals surface area contributed by atoms with Crippen molar-refractivity contribution >= 4 is 5.91 Å². The predicted molar refractivity (Wildman–Crippen MR) is 72.4 cm³/mol. The van der Waals surface area contributed by atoms with E-state index in [9.17, 15) is 4.79 Å². The molecule has 4 heteroatoms. The molecular formula is C14H22N2O2. The molecule has 2 atom stereocenters. The number of para-hydroxylation sites is 1. The van der Waals surface area contributed by atoms with Crippen molar-refractivity contribution in [3.8, 4) is 5.75 Å². The first-order valence-electron chi connectivity index (χ1n) is 6.22. The molecule has 0 saturated carbocycles. The van der Waals surface area contributed by atoms with Gasteiger partial charge in [-0.3, -0.25) is 4.79 Å². The summed E-state index contributed by atoms with van der Waals surface area (Å²) >= 11 is 0. The maximum atomic E-state index is 11.7. The monoisotopic (exact) mass is 250 g/mol. The van der Waals surface area contributed by atoms with Gasteiger partial charge in [0.2, 0.25) is 5.91 Å². The van der Waals surface area contributed by atoms with E-state index < -0.39 is 0 Å². The van der Waals surface area contributed by atoms with E-state index in [0.29, 0.717) is 12.8 Å². The van der Waals surface area contributed by atoms with Crippen LogP contribution in [0.3, 0.4) is 0 Å². The highest BCUT2D eigenvalue weighted by atomic mass is 16.5. The average molecular weight is 250 g/mol. The van der Waals surface area contributed by atoms with Crippen molar-refractivity contribution in [2.75, 3.05) is 7.11 Å². The molecule has 1 amide bonds. The number of hydrogen-bond acceptors (Lipinski definition) is 3. The van der Waals surface area contributed by atoms with Gasteiger partial charge >= 0.3 is 0 Å². The summed E-state index contributed by atoms with van der Waals surface area (Å²) in [6, 6.07) is 7.67. The standard InChI is InChI=1S/C14H22N2O2/c1-10(15)8-9-14(17)16-11(2)12-6-4-5-7-13(12)18-3/h4-7,10-11H,8-9,15H2,1-3H3,(H,16,17)/t10?,11-/m0/s1. The maximum Gasteiger partial charge on any atom is 0.220 e. The molecule has 0 aromatic heterocycles. The van der Waals surface area contributed by atoms with E-state index in [1.165, 1.54) is 0 Å². The number of rotatable bonds is 6. The van der Waals surface area contributed by atoms with Crippen LogP contribution in [-0.2, 0) is 4.79 Å². The smallest absolute Gasteiger partial charge is 0.220 e. The lowest BCUT2D eigenvalue weighted by Gasteiger charge is -2.17. The summed E-state index contributed by atoms with van der Waals surface area (Å²) in [7, 11) is 1.63. The summed E-state index contributed by atoms with van der Waals surface area (Å²) in [4.78, 5) is 11.7. The van der Waals surface area contributed by atoms with Gasteiger partial charge < -0.3 is 15.8 Å². The number of ether oxygens (including phenoxy) is 1. The summed E-state index contributed by atoms with van der Waals surface area (Å²) in [5, 5.41) is 2.95. The van der Waals surface area contributed by atoms with Crippen molar-refractivity contribution in [1.82, 2.24) is 5.32 Å². The Morgan fingerprint density at radius 1 is 1.39 bits per heavy atom. The fourth-order valence-corrected chi connectivity index (χ4v) is 1.77. The molecule has 18 heavy (non-hydrogen) atoms. The number of nitrogens with one attached hydrogen (secondary N) is 1. The molecule has 0 bridgehead atoms. The van der Waals surface area contributed by atoms with Crippen LogP contribution >= 0.6 is 0 Å². The van der Waals surface area contributed by atoms with Gasteiger partial charge in [-0.2, -0.15) is 0 Å². The van der Waals surface area contributed by atoms with Crippen LogP contribution in [0.4, 0.5) is 0 Å². The number of benzene rings is 1. The van der Waals surface area contributed by atoms with Crippen molar-refractivity contribution in [1.29, 1.82) is 0 Å². The van der Waals surface area contributed by atoms with Crippen molar-refractivity contribution < 1.29 is 9.53 Å². The van der Waals surface area contributed by atoms with Crippen molar-refractivity contribution in [2.45, 2.75) is 38.8 Å². The van der Waals surface area contributed by atoms with E-state index in [4.69, 9.17) is 10.5 Å². The molecule has 0 aliphatic heterocycles. The lowest BCUT2D eigenvalue weighted by atomic mass is 10.1. The number of nitrogens with two attached hydrogens (primary N) is 1. The Kier molecular flexibility index (Phi) is 5.65. The van der Waals surface area contributed by atoms with E-state index in [2.05, 4.69) is 5.32 Å². The number of methoxy groups -OCH3 is 1. The van der Waals surface area contributed by atoms with Crippen LogP contribution in [0.25, 0.3) is 0 Å². The minimum Gasteiger partial charge on any atom is -0.496 e. The zero-order chi connectivity index (χ0) is 13.5. The largest absolute Gasteiger partial charge is 0.496 e. The normalized spacial score (nSPS) is 13.8. The van der Waals surface area contributed by atoms with Crippen LogP contribution in [0.5, 0.6) is 5.75 Å². The van der Waals surface area contributed by atoms with Gasteiger partial charge in [0.15, 0.2) is 0 Å². The Morgan fingerprint density at radius 2 is 2.06 bits per heavy atom. The fraction of sp³-hybridized carbons (Fsp3) is 0.500. The fourth-order valence-electron chi connectivity index (χ4n) is 1.77. The van der Waals surface area contributed by atoms with Gasteiger partial charge in [-0.15, -0.1) is 0 Å². The molecule has 100 valence electrons. The molecule has 0 aliphatic carbocycles. The third-order valence-corrected chi connectivity index (χ3v) is 2.81. The van der Waals surface area contributed by atoms with E-state index in [1.807, 2.05) is 38.1 Å². The summed E-state index contributed by atoms with van der Waals surface area (Å²) in [5.74, 6) is 0.809. The van der Waals surface area contributed by atoms with Crippen LogP contribution < -0.4 is 15.8 Å². The van der Waals surface area contributed by atoms with Gasteiger partial charge in [-0.25, -0.2) is 0 Å². The highest BCUT2D eigenvalue weighted by Crippen LogP contribution is 2.24. The molecule has 0 spiro atoms. The second-order valence-corrected chi connectivity index (χ2v) is 4.55. The summed E-state index contributed by atoms with van der Waals surface area (Å²) in [6.07, 6.45) is 1.15. The van der Waals surface area contributed by atoms with Gasteiger partial charge in [0.05, 0.1) is 13.2 Å². The lowest BCUT2D eigenvalue weighted by molar-refractivity contribution is -0.121. The summed E-state index contributed by atoms with van der Waals surface area (Å²) < 4.78 is 5.27. The number of carbonyl (C=O) groups excluding carboxylic acids is 1. The molecule has 3 N–H and O–H groups in total. The molecule has 0 radical (unpaired) electrons. The SMILES string of the molecule is COc1ccccc1[C@H](C)NC(=O)CCC(C)N. The highest BCUT2D eigenvalue weighted by molar-refractivity contribution is 5.76. The minimum atomic E-state index is -0.0678. The number of hydrogen-bond donors (Lipinski definition) is 2. The van der Waals surface area contributed by atoms with E-state index >= 15 is 0 Å². The Morgan fingerprint density at radius 3 is 2.67 bits per heavy atom. The quantitative estimate of drug-likeness (QED) is 0.811. The first-order chi connectivity index (χ1) is 8.54. The van der Waals surface area contributed by atoms with E-state index in [-0.39, 0.29) is 18.0 Å². The molecule has 0 heterocycles. The molecule has 1 unspecified atom stereocenters. The van der Waals surface area contributed by atoms with E-state index in [0.717, 1.165) is 11.3 Å².